The quantitative estimate of drug-likeness (QED) is 0.626. The first-order chi connectivity index (χ1) is 7.50. The second kappa shape index (κ2) is 5.30. The molecule has 1 N–H and O–H groups in total. The van der Waals surface area contributed by atoms with Gasteiger partial charge < -0.3 is 9.94 Å². The number of benzene rings is 1. The van der Waals surface area contributed by atoms with Gasteiger partial charge in [-0.3, -0.25) is 0 Å². The minimum atomic E-state index is -1.03. The number of aliphatic carboxylic acids is 1. The van der Waals surface area contributed by atoms with Gasteiger partial charge >= 0.3 is 5.97 Å². The Kier molecular flexibility index (Phi) is 4.05. The Morgan fingerprint density at radius 2 is 2.12 bits per heavy atom. The fourth-order valence-electron chi connectivity index (χ4n) is 1.45. The summed E-state index contributed by atoms with van der Waals surface area (Å²) in [6.45, 7) is 5.38. The van der Waals surface area contributed by atoms with Gasteiger partial charge in [-0.15, -0.1) is 0 Å². The van der Waals surface area contributed by atoms with Gasteiger partial charge in [0.2, 0.25) is 6.61 Å². The molecule has 4 heteroatoms. The zero-order valence-electron chi connectivity index (χ0n) is 9.65. The maximum absolute atomic E-state index is 10.2. The van der Waals surface area contributed by atoms with Crippen LogP contribution < -0.4 is 0 Å². The van der Waals surface area contributed by atoms with E-state index in [4.69, 9.17) is 5.11 Å². The highest BCUT2D eigenvalue weighted by atomic mass is 16.6. The van der Waals surface area contributed by atoms with Gasteiger partial charge in [0.05, 0.1) is 5.71 Å². The number of nitrogens with zero attached hydrogens (tertiary/aromatic N) is 1. The van der Waals surface area contributed by atoms with Crippen LogP contribution in [-0.2, 0) is 9.63 Å². The molecule has 0 radical (unpaired) electrons. The summed E-state index contributed by atoms with van der Waals surface area (Å²) in [5.74, 6) is -1.03. The number of aryl methyl sites for hydroxylation is 2. The Balaban J connectivity index is 2.79. The van der Waals surface area contributed by atoms with Gasteiger partial charge in [-0.05, 0) is 26.3 Å². The van der Waals surface area contributed by atoms with E-state index in [0.29, 0.717) is 5.71 Å². The van der Waals surface area contributed by atoms with Crippen molar-refractivity contribution < 1.29 is 14.7 Å². The summed E-state index contributed by atoms with van der Waals surface area (Å²) in [5.41, 5.74) is 3.93. The third kappa shape index (κ3) is 3.38. The molecule has 0 aliphatic heterocycles. The number of carboxylic acid groups (broad SMARTS) is 1. The van der Waals surface area contributed by atoms with Crippen molar-refractivity contribution >= 4 is 11.7 Å². The van der Waals surface area contributed by atoms with Crippen LogP contribution in [0.2, 0.25) is 0 Å². The number of rotatable bonds is 4. The Labute approximate surface area is 94.5 Å². The molecule has 4 nitrogen and oxygen atoms in total. The van der Waals surface area contributed by atoms with E-state index >= 15 is 0 Å². The summed E-state index contributed by atoms with van der Waals surface area (Å²) >= 11 is 0. The molecular weight excluding hydrogens is 206 g/mol. The summed E-state index contributed by atoms with van der Waals surface area (Å²) in [4.78, 5) is 14.9. The van der Waals surface area contributed by atoms with E-state index in [1.807, 2.05) is 32.0 Å². The molecule has 0 fully saturated rings. The predicted octanol–water partition coefficient (Wildman–Crippen LogP) is 2.13. The molecule has 1 rings (SSSR count). The maximum atomic E-state index is 10.2. The van der Waals surface area contributed by atoms with Gasteiger partial charge in [0.25, 0.3) is 0 Å². The molecule has 0 amide bonds. The number of hydrogen-bond donors (Lipinski definition) is 1. The van der Waals surface area contributed by atoms with Crippen LogP contribution in [0.25, 0.3) is 0 Å². The first-order valence-electron chi connectivity index (χ1n) is 4.96. The highest BCUT2D eigenvalue weighted by molar-refractivity contribution is 5.99. The van der Waals surface area contributed by atoms with Crippen LogP contribution in [0.15, 0.2) is 23.4 Å². The molecule has 0 unspecified atom stereocenters. The fraction of sp³-hybridized carbons (Fsp3) is 0.333. The minimum absolute atomic E-state index is 0.414. The van der Waals surface area contributed by atoms with Gasteiger partial charge in [0.1, 0.15) is 0 Å². The Morgan fingerprint density at radius 3 is 2.69 bits per heavy atom. The van der Waals surface area contributed by atoms with E-state index in [2.05, 4.69) is 9.99 Å². The van der Waals surface area contributed by atoms with Crippen LogP contribution in [0.3, 0.4) is 0 Å². The van der Waals surface area contributed by atoms with E-state index in [-0.39, 0.29) is 0 Å². The molecule has 86 valence electrons. The summed E-state index contributed by atoms with van der Waals surface area (Å²) in [5, 5.41) is 12.2. The topological polar surface area (TPSA) is 58.9 Å². The predicted molar refractivity (Wildman–Crippen MR) is 61.7 cm³/mol. The lowest BCUT2D eigenvalue weighted by atomic mass is 10.0. The maximum Gasteiger partial charge on any atom is 0.344 e. The Morgan fingerprint density at radius 1 is 1.44 bits per heavy atom. The van der Waals surface area contributed by atoms with E-state index in [9.17, 15) is 4.79 Å². The van der Waals surface area contributed by atoms with E-state index < -0.39 is 12.6 Å². The average molecular weight is 221 g/mol. The van der Waals surface area contributed by atoms with Gasteiger partial charge in [-0.25, -0.2) is 4.79 Å². The minimum Gasteiger partial charge on any atom is -0.479 e. The molecule has 0 spiro atoms. The molecule has 0 aromatic heterocycles. The number of carbonyl (C=O) groups is 1. The van der Waals surface area contributed by atoms with Crippen LogP contribution in [-0.4, -0.2) is 23.4 Å². The highest BCUT2D eigenvalue weighted by Crippen LogP contribution is 2.11. The van der Waals surface area contributed by atoms with Crippen LogP contribution >= 0.6 is 0 Å². The third-order valence-electron chi connectivity index (χ3n) is 2.16. The van der Waals surface area contributed by atoms with Gasteiger partial charge in [-0.1, -0.05) is 28.9 Å². The molecule has 1 aromatic rings. The second-order valence-electron chi connectivity index (χ2n) is 3.66. The Hall–Kier alpha value is -1.84. The number of oxime groups is 1. The SMILES string of the molecule is CC(=NOCC(=O)O)c1ccc(C)cc1C. The second-order valence-corrected chi connectivity index (χ2v) is 3.66. The van der Waals surface area contributed by atoms with Crippen LogP contribution in [0.4, 0.5) is 0 Å². The normalized spacial score (nSPS) is 11.3. The molecule has 0 bridgehead atoms. The van der Waals surface area contributed by atoms with E-state index in [0.717, 1.165) is 11.1 Å². The number of hydrogen-bond acceptors (Lipinski definition) is 3. The van der Waals surface area contributed by atoms with Crippen molar-refractivity contribution in [2.24, 2.45) is 5.16 Å². The molecule has 0 atom stereocenters. The fourth-order valence-corrected chi connectivity index (χ4v) is 1.45. The zero-order valence-corrected chi connectivity index (χ0v) is 9.65. The van der Waals surface area contributed by atoms with Crippen LogP contribution in [0.5, 0.6) is 0 Å². The van der Waals surface area contributed by atoms with Crippen molar-refractivity contribution in [2.45, 2.75) is 20.8 Å². The first kappa shape index (κ1) is 12.2. The molecule has 0 saturated heterocycles. The standard InChI is InChI=1S/C12H15NO3/c1-8-4-5-11(9(2)6-8)10(3)13-16-7-12(14)15/h4-6H,7H2,1-3H3,(H,14,15). The van der Waals surface area contributed by atoms with Crippen molar-refractivity contribution in [3.63, 3.8) is 0 Å². The highest BCUT2D eigenvalue weighted by Gasteiger charge is 2.03. The van der Waals surface area contributed by atoms with Gasteiger partial charge in [-0.2, -0.15) is 0 Å². The first-order valence-corrected chi connectivity index (χ1v) is 4.96. The lowest BCUT2D eigenvalue weighted by Gasteiger charge is -2.05. The lowest BCUT2D eigenvalue weighted by molar-refractivity contribution is -0.142. The molecule has 16 heavy (non-hydrogen) atoms. The van der Waals surface area contributed by atoms with E-state index in [1.165, 1.54) is 5.56 Å². The van der Waals surface area contributed by atoms with Crippen molar-refractivity contribution in [1.29, 1.82) is 0 Å². The van der Waals surface area contributed by atoms with Gasteiger partial charge in [0.15, 0.2) is 0 Å². The molecular formula is C12H15NO3. The molecule has 1 aromatic carbocycles. The Bertz CT molecular complexity index is 424. The molecule has 0 heterocycles. The summed E-state index contributed by atoms with van der Waals surface area (Å²) in [6.07, 6.45) is 0. The lowest BCUT2D eigenvalue weighted by Crippen LogP contribution is -2.06. The van der Waals surface area contributed by atoms with Crippen molar-refractivity contribution in [3.05, 3.63) is 34.9 Å². The summed E-state index contributed by atoms with van der Waals surface area (Å²) < 4.78 is 0. The monoisotopic (exact) mass is 221 g/mol. The smallest absolute Gasteiger partial charge is 0.344 e. The zero-order chi connectivity index (χ0) is 12.1. The van der Waals surface area contributed by atoms with Crippen molar-refractivity contribution in [2.75, 3.05) is 6.61 Å². The number of carboxylic acids is 1. The summed E-state index contributed by atoms with van der Waals surface area (Å²) in [7, 11) is 0. The largest absolute Gasteiger partial charge is 0.479 e. The van der Waals surface area contributed by atoms with Crippen molar-refractivity contribution in [3.8, 4) is 0 Å². The van der Waals surface area contributed by atoms with Gasteiger partial charge in [0, 0.05) is 5.56 Å². The molecule has 0 aliphatic rings. The molecule has 0 aliphatic carbocycles. The van der Waals surface area contributed by atoms with Crippen LogP contribution in [0.1, 0.15) is 23.6 Å². The van der Waals surface area contributed by atoms with Crippen LogP contribution in [0, 0.1) is 13.8 Å². The summed E-state index contributed by atoms with van der Waals surface area (Å²) in [6, 6.07) is 5.98. The molecule has 0 saturated carbocycles. The average Bonchev–Trinajstić information content (AvgIpc) is 2.16. The van der Waals surface area contributed by atoms with Crippen molar-refractivity contribution in [1.82, 2.24) is 0 Å². The van der Waals surface area contributed by atoms with E-state index in [1.54, 1.807) is 6.92 Å². The third-order valence-corrected chi connectivity index (χ3v) is 2.16.